The van der Waals surface area contributed by atoms with Gasteiger partial charge in [-0.25, -0.2) is 4.68 Å². The van der Waals surface area contributed by atoms with E-state index in [1.807, 2.05) is 6.07 Å². The minimum absolute atomic E-state index is 0.217. The molecule has 0 unspecified atom stereocenters. The summed E-state index contributed by atoms with van der Waals surface area (Å²) in [4.78, 5) is 0. The Hall–Kier alpha value is -2.15. The first-order valence-corrected chi connectivity index (χ1v) is 3.69. The number of rotatable bonds is 1. The molecule has 0 atom stereocenters. The summed E-state index contributed by atoms with van der Waals surface area (Å²) in [6.07, 6.45) is 1.58. The zero-order chi connectivity index (χ0) is 9.97. The monoisotopic (exact) mass is 171 g/mol. The van der Waals surface area contributed by atoms with E-state index in [1.54, 1.807) is 24.3 Å². The van der Waals surface area contributed by atoms with Gasteiger partial charge in [-0.15, -0.1) is 5.10 Å². The molecule has 1 aromatic heterocycles. The molecule has 0 spiro atoms. The van der Waals surface area contributed by atoms with Crippen molar-refractivity contribution in [2.24, 2.45) is 0 Å². The first kappa shape index (κ1) is 6.38. The topological polar surface area (TPSA) is 54.5 Å². The van der Waals surface area contributed by atoms with Crippen LogP contribution in [-0.2, 0) is 0 Å². The fourth-order valence-corrected chi connectivity index (χ4v) is 0.987. The Bertz CT molecular complexity index is 480. The molecule has 13 heavy (non-hydrogen) atoms. The predicted molar refractivity (Wildman–Crippen MR) is 46.1 cm³/mol. The maximum atomic E-state index is 8.59. The summed E-state index contributed by atoms with van der Waals surface area (Å²) in [6, 6.07) is 8.83. The molecule has 62 valence electrons. The minimum atomic E-state index is 0.217. The van der Waals surface area contributed by atoms with Crippen LogP contribution in [0.4, 0.5) is 0 Å². The third-order valence-corrected chi connectivity index (χ3v) is 1.62. The van der Waals surface area contributed by atoms with Crippen LogP contribution in [-0.4, -0.2) is 15.0 Å². The van der Waals surface area contributed by atoms with Gasteiger partial charge in [0.2, 0.25) is 0 Å². The zero-order valence-electron chi connectivity index (χ0n) is 7.68. The summed E-state index contributed by atoms with van der Waals surface area (Å²) in [7, 11) is 0. The standard InChI is InChI=1S/C9H6N4/c10-7-8-1-3-9(4-2-8)13-6-5-11-12-13/h1-6H/i6D. The second-order valence-corrected chi connectivity index (χ2v) is 2.43. The molecule has 4 heteroatoms. The van der Waals surface area contributed by atoms with Crippen molar-refractivity contribution in [3.05, 3.63) is 42.2 Å². The largest absolute Gasteiger partial charge is 0.221 e. The molecule has 0 bridgehead atoms. The average Bonchev–Trinajstić information content (AvgIpc) is 2.65. The van der Waals surface area contributed by atoms with Gasteiger partial charge >= 0.3 is 0 Å². The molecule has 0 aliphatic rings. The number of benzene rings is 1. The van der Waals surface area contributed by atoms with Crippen LogP contribution in [0, 0.1) is 11.3 Å². The molecule has 2 aromatic rings. The summed E-state index contributed by atoms with van der Waals surface area (Å²) in [5.41, 5.74) is 1.31. The summed E-state index contributed by atoms with van der Waals surface area (Å²) in [5.74, 6) is 0. The van der Waals surface area contributed by atoms with E-state index in [9.17, 15) is 0 Å². The molecular formula is C9H6N4. The average molecular weight is 171 g/mol. The second kappa shape index (κ2) is 3.07. The number of hydrogen-bond acceptors (Lipinski definition) is 3. The van der Waals surface area contributed by atoms with Crippen LogP contribution in [0.15, 0.2) is 36.6 Å². The lowest BCUT2D eigenvalue weighted by molar-refractivity contribution is 0.803. The lowest BCUT2D eigenvalue weighted by atomic mass is 10.2. The van der Waals surface area contributed by atoms with Crippen molar-refractivity contribution in [2.45, 2.75) is 0 Å². The molecule has 1 heterocycles. The van der Waals surface area contributed by atoms with Crippen molar-refractivity contribution in [1.82, 2.24) is 15.0 Å². The Labute approximate surface area is 76.4 Å². The van der Waals surface area contributed by atoms with Gasteiger partial charge in [-0.2, -0.15) is 5.26 Å². The van der Waals surface area contributed by atoms with E-state index in [1.165, 1.54) is 10.9 Å². The van der Waals surface area contributed by atoms with Gasteiger partial charge in [0.25, 0.3) is 0 Å². The SMILES string of the molecule is [2H]c1cnnn1-c1ccc(C#N)cc1. The Morgan fingerprint density at radius 3 is 2.69 bits per heavy atom. The molecule has 0 saturated heterocycles. The van der Waals surface area contributed by atoms with E-state index >= 15 is 0 Å². The normalized spacial score (nSPS) is 10.5. The van der Waals surface area contributed by atoms with Crippen molar-refractivity contribution >= 4 is 0 Å². The summed E-state index contributed by atoms with van der Waals surface area (Å²) in [6.45, 7) is 0. The van der Waals surface area contributed by atoms with Crippen LogP contribution in [0.3, 0.4) is 0 Å². The minimum Gasteiger partial charge on any atom is -0.221 e. The number of nitriles is 1. The molecule has 2 rings (SSSR count). The Morgan fingerprint density at radius 1 is 1.38 bits per heavy atom. The highest BCUT2D eigenvalue weighted by atomic mass is 15.4. The smallest absolute Gasteiger partial charge is 0.0991 e. The molecule has 0 amide bonds. The Balaban J connectivity index is 2.45. The zero-order valence-corrected chi connectivity index (χ0v) is 6.68. The van der Waals surface area contributed by atoms with Crippen LogP contribution in [0.1, 0.15) is 6.93 Å². The van der Waals surface area contributed by atoms with Crippen LogP contribution >= 0.6 is 0 Å². The van der Waals surface area contributed by atoms with Crippen molar-refractivity contribution in [2.75, 3.05) is 0 Å². The van der Waals surface area contributed by atoms with Crippen molar-refractivity contribution < 1.29 is 1.37 Å². The second-order valence-electron chi connectivity index (χ2n) is 2.43. The van der Waals surface area contributed by atoms with Gasteiger partial charge in [0.1, 0.15) is 0 Å². The highest BCUT2D eigenvalue weighted by Crippen LogP contribution is 2.06. The van der Waals surface area contributed by atoms with E-state index in [2.05, 4.69) is 10.3 Å². The molecule has 0 aliphatic heterocycles. The highest BCUT2D eigenvalue weighted by molar-refractivity contribution is 5.38. The lowest BCUT2D eigenvalue weighted by Gasteiger charge is -1.97. The maximum absolute atomic E-state index is 8.59. The number of aromatic nitrogens is 3. The van der Waals surface area contributed by atoms with Crippen LogP contribution < -0.4 is 0 Å². The van der Waals surface area contributed by atoms with Gasteiger partial charge in [-0.05, 0) is 24.3 Å². The lowest BCUT2D eigenvalue weighted by Crippen LogP contribution is -1.94. The van der Waals surface area contributed by atoms with Gasteiger partial charge in [0.05, 0.1) is 31.1 Å². The van der Waals surface area contributed by atoms with Crippen molar-refractivity contribution in [3.63, 3.8) is 0 Å². The van der Waals surface area contributed by atoms with Gasteiger partial charge in [-0.3, -0.25) is 0 Å². The molecule has 0 fully saturated rings. The van der Waals surface area contributed by atoms with E-state index in [-0.39, 0.29) is 6.17 Å². The molecule has 1 aromatic carbocycles. The van der Waals surface area contributed by atoms with Crippen LogP contribution in [0.5, 0.6) is 0 Å². The summed E-state index contributed by atoms with van der Waals surface area (Å²) in [5, 5.41) is 15.9. The summed E-state index contributed by atoms with van der Waals surface area (Å²) < 4.78 is 8.85. The highest BCUT2D eigenvalue weighted by Gasteiger charge is 1.95. The number of nitrogens with zero attached hydrogens (tertiary/aromatic N) is 4. The van der Waals surface area contributed by atoms with E-state index in [0.29, 0.717) is 5.56 Å². The summed E-state index contributed by atoms with van der Waals surface area (Å²) >= 11 is 0. The maximum Gasteiger partial charge on any atom is 0.0991 e. The van der Waals surface area contributed by atoms with E-state index in [4.69, 9.17) is 6.63 Å². The third-order valence-electron chi connectivity index (χ3n) is 1.62. The van der Waals surface area contributed by atoms with Gasteiger partial charge in [0.15, 0.2) is 0 Å². The van der Waals surface area contributed by atoms with Gasteiger partial charge in [0, 0.05) is 0 Å². The van der Waals surface area contributed by atoms with Crippen LogP contribution in [0.2, 0.25) is 0 Å². The number of hydrogen-bond donors (Lipinski definition) is 0. The van der Waals surface area contributed by atoms with Gasteiger partial charge in [-0.1, -0.05) is 5.21 Å². The predicted octanol–water partition coefficient (Wildman–Crippen LogP) is 1.14. The third kappa shape index (κ3) is 1.40. The molecule has 0 aliphatic carbocycles. The molecule has 0 N–H and O–H groups in total. The van der Waals surface area contributed by atoms with Crippen LogP contribution in [0.25, 0.3) is 5.69 Å². The Kier molecular flexibility index (Phi) is 1.51. The fourth-order valence-electron chi connectivity index (χ4n) is 0.987. The van der Waals surface area contributed by atoms with Gasteiger partial charge < -0.3 is 0 Å². The molecule has 4 nitrogen and oxygen atoms in total. The first-order chi connectivity index (χ1) is 6.81. The molecule has 0 radical (unpaired) electrons. The van der Waals surface area contributed by atoms with E-state index in [0.717, 1.165) is 5.69 Å². The quantitative estimate of drug-likeness (QED) is 0.646. The fraction of sp³-hybridized carbons (Fsp3) is 0. The molecule has 0 saturated carbocycles. The molecular weight excluding hydrogens is 164 g/mol. The van der Waals surface area contributed by atoms with E-state index < -0.39 is 0 Å². The first-order valence-electron chi connectivity index (χ1n) is 4.19. The van der Waals surface area contributed by atoms with Crippen molar-refractivity contribution in [1.29, 1.82) is 5.26 Å². The van der Waals surface area contributed by atoms with Crippen molar-refractivity contribution in [3.8, 4) is 11.8 Å². The Morgan fingerprint density at radius 2 is 2.15 bits per heavy atom.